The largest absolute Gasteiger partial charge is 0.408 e. The maximum absolute atomic E-state index is 13.0. The van der Waals surface area contributed by atoms with E-state index < -0.39 is 12.7 Å². The van der Waals surface area contributed by atoms with Crippen LogP contribution in [0.5, 0.6) is 0 Å². The normalized spacial score (nSPS) is 11.6. The fourth-order valence-electron chi connectivity index (χ4n) is 3.15. The fourth-order valence-corrected chi connectivity index (χ4v) is 3.55. The maximum atomic E-state index is 13.0. The van der Waals surface area contributed by atoms with Gasteiger partial charge in [-0.1, -0.05) is 41.4 Å². The molecule has 31 heavy (non-hydrogen) atoms. The van der Waals surface area contributed by atoms with Crippen LogP contribution in [0.25, 0.3) is 33.5 Å². The van der Waals surface area contributed by atoms with Crippen molar-refractivity contribution in [2.24, 2.45) is 0 Å². The number of anilines is 1. The molecule has 2 N–H and O–H groups in total. The highest BCUT2D eigenvalue weighted by Gasteiger charge is 2.30. The van der Waals surface area contributed by atoms with Gasteiger partial charge in [0.25, 0.3) is 0 Å². The van der Waals surface area contributed by atoms with Crippen molar-refractivity contribution in [1.29, 1.82) is 0 Å². The lowest BCUT2D eigenvalue weighted by atomic mass is 10.00. The molecular formula is C21H14Cl2F3N5. The molecule has 0 aliphatic rings. The number of hydrogen-bond acceptors (Lipinski definition) is 4. The average molecular weight is 464 g/mol. The summed E-state index contributed by atoms with van der Waals surface area (Å²) in [5.41, 5.74) is 8.92. The van der Waals surface area contributed by atoms with E-state index in [-0.39, 0.29) is 21.6 Å². The number of halogens is 5. The molecule has 0 aliphatic carbocycles. The van der Waals surface area contributed by atoms with E-state index in [9.17, 15) is 13.2 Å². The molecule has 10 heteroatoms. The van der Waals surface area contributed by atoms with Crippen molar-refractivity contribution >= 4 is 29.0 Å². The summed E-state index contributed by atoms with van der Waals surface area (Å²) < 4.78 is 39.9. The molecular weight excluding hydrogens is 450 g/mol. The zero-order valence-electron chi connectivity index (χ0n) is 15.7. The highest BCUT2D eigenvalue weighted by molar-refractivity contribution is 6.43. The Kier molecular flexibility index (Phi) is 5.60. The van der Waals surface area contributed by atoms with Gasteiger partial charge in [0.05, 0.1) is 10.0 Å². The number of aromatic nitrogens is 4. The summed E-state index contributed by atoms with van der Waals surface area (Å²) in [7, 11) is 0. The van der Waals surface area contributed by atoms with Crippen LogP contribution in [0.4, 0.5) is 19.0 Å². The molecule has 4 aromatic rings. The van der Waals surface area contributed by atoms with Gasteiger partial charge >= 0.3 is 6.18 Å². The first kappa shape index (κ1) is 21.1. The van der Waals surface area contributed by atoms with Gasteiger partial charge in [-0.25, -0.2) is 4.98 Å². The summed E-state index contributed by atoms with van der Waals surface area (Å²) in [6.45, 7) is -1.27. The summed E-state index contributed by atoms with van der Waals surface area (Å²) in [5.74, 6) is 0.115. The zero-order chi connectivity index (χ0) is 22.2. The SMILES string of the molecule is Nc1ncc(-c2cccnc2)cc1-c1nn(CC(F)(F)F)cc1-c1cccc(Cl)c1Cl. The molecule has 0 saturated carbocycles. The molecule has 3 aromatic heterocycles. The summed E-state index contributed by atoms with van der Waals surface area (Å²) in [6.07, 6.45) is 1.66. The van der Waals surface area contributed by atoms with Gasteiger partial charge in [-0.15, -0.1) is 0 Å². The second kappa shape index (κ2) is 8.20. The molecule has 0 spiro atoms. The molecule has 5 nitrogen and oxygen atoms in total. The predicted octanol–water partition coefficient (Wildman–Crippen LogP) is 6.13. The lowest BCUT2D eigenvalue weighted by molar-refractivity contribution is -0.142. The number of pyridine rings is 2. The third-order valence-corrected chi connectivity index (χ3v) is 5.33. The smallest absolute Gasteiger partial charge is 0.383 e. The Morgan fingerprint density at radius 2 is 1.77 bits per heavy atom. The number of nitrogens with zero attached hydrogens (tertiary/aromatic N) is 4. The molecule has 0 unspecified atom stereocenters. The minimum Gasteiger partial charge on any atom is -0.383 e. The van der Waals surface area contributed by atoms with Crippen LogP contribution in [0.2, 0.25) is 10.0 Å². The molecule has 0 atom stereocenters. The van der Waals surface area contributed by atoms with Gasteiger partial charge in [0.2, 0.25) is 0 Å². The summed E-state index contributed by atoms with van der Waals surface area (Å²) >= 11 is 12.5. The zero-order valence-corrected chi connectivity index (χ0v) is 17.2. The summed E-state index contributed by atoms with van der Waals surface area (Å²) in [4.78, 5) is 8.29. The van der Waals surface area contributed by atoms with Crippen LogP contribution < -0.4 is 5.73 Å². The van der Waals surface area contributed by atoms with Crippen molar-refractivity contribution < 1.29 is 13.2 Å². The van der Waals surface area contributed by atoms with Crippen LogP contribution in [0.15, 0.2) is 61.2 Å². The number of rotatable bonds is 4. The summed E-state index contributed by atoms with van der Waals surface area (Å²) in [5, 5.41) is 4.64. The first-order chi connectivity index (χ1) is 14.7. The number of nitrogen functional groups attached to an aromatic ring is 1. The van der Waals surface area contributed by atoms with E-state index in [1.54, 1.807) is 48.9 Å². The van der Waals surface area contributed by atoms with Crippen molar-refractivity contribution in [3.63, 3.8) is 0 Å². The van der Waals surface area contributed by atoms with Crippen LogP contribution in [0, 0.1) is 0 Å². The molecule has 0 bridgehead atoms. The van der Waals surface area contributed by atoms with E-state index in [0.717, 1.165) is 10.2 Å². The van der Waals surface area contributed by atoms with Crippen molar-refractivity contribution in [2.45, 2.75) is 12.7 Å². The van der Waals surface area contributed by atoms with E-state index in [2.05, 4.69) is 15.1 Å². The van der Waals surface area contributed by atoms with E-state index in [1.807, 2.05) is 6.07 Å². The second-order valence-electron chi connectivity index (χ2n) is 6.70. The molecule has 1 aromatic carbocycles. The van der Waals surface area contributed by atoms with Crippen LogP contribution >= 0.6 is 23.2 Å². The van der Waals surface area contributed by atoms with Gasteiger partial charge in [-0.3, -0.25) is 9.67 Å². The van der Waals surface area contributed by atoms with Gasteiger partial charge in [0, 0.05) is 52.6 Å². The Labute approximate surface area is 185 Å². The molecule has 0 amide bonds. The van der Waals surface area contributed by atoms with Crippen molar-refractivity contribution in [2.75, 3.05) is 5.73 Å². The predicted molar refractivity (Wildman–Crippen MR) is 115 cm³/mol. The minimum atomic E-state index is -4.46. The highest BCUT2D eigenvalue weighted by atomic mass is 35.5. The van der Waals surface area contributed by atoms with Crippen LogP contribution in [-0.4, -0.2) is 25.9 Å². The molecule has 0 saturated heterocycles. The van der Waals surface area contributed by atoms with Crippen LogP contribution in [0.3, 0.4) is 0 Å². The van der Waals surface area contributed by atoms with Gasteiger partial charge in [-0.05, 0) is 18.2 Å². The molecule has 0 aliphatic heterocycles. The Hall–Kier alpha value is -3.10. The molecule has 158 valence electrons. The average Bonchev–Trinajstić information content (AvgIpc) is 3.12. The molecule has 0 radical (unpaired) electrons. The van der Waals surface area contributed by atoms with E-state index in [0.29, 0.717) is 22.3 Å². The first-order valence-electron chi connectivity index (χ1n) is 8.98. The van der Waals surface area contributed by atoms with Gasteiger partial charge in [0.1, 0.15) is 18.1 Å². The Bertz CT molecular complexity index is 1240. The van der Waals surface area contributed by atoms with Crippen molar-refractivity contribution in [3.05, 3.63) is 71.2 Å². The quantitative estimate of drug-likeness (QED) is 0.395. The Morgan fingerprint density at radius 1 is 0.968 bits per heavy atom. The van der Waals surface area contributed by atoms with Gasteiger partial charge < -0.3 is 5.73 Å². The first-order valence-corrected chi connectivity index (χ1v) is 9.73. The third kappa shape index (κ3) is 4.50. The van der Waals surface area contributed by atoms with Crippen LogP contribution in [-0.2, 0) is 6.54 Å². The lowest BCUT2D eigenvalue weighted by Crippen LogP contribution is -2.18. The maximum Gasteiger partial charge on any atom is 0.408 e. The van der Waals surface area contributed by atoms with E-state index >= 15 is 0 Å². The number of alkyl halides is 3. The minimum absolute atomic E-state index is 0.115. The monoisotopic (exact) mass is 463 g/mol. The van der Waals surface area contributed by atoms with E-state index in [4.69, 9.17) is 28.9 Å². The number of benzene rings is 1. The Morgan fingerprint density at radius 3 is 2.48 bits per heavy atom. The number of hydrogen-bond donors (Lipinski definition) is 1. The number of nitrogens with two attached hydrogens (primary N) is 1. The topological polar surface area (TPSA) is 69.6 Å². The standard InChI is InChI=1S/C21H14Cl2F3N5/c22-17-5-1-4-14(18(17)23)16-10-31(11-21(24,25)26)30-19(16)15-7-13(9-29-20(15)27)12-3-2-6-28-8-12/h1-10H,11H2,(H2,27,29). The van der Waals surface area contributed by atoms with Crippen molar-refractivity contribution in [3.8, 4) is 33.5 Å². The van der Waals surface area contributed by atoms with Crippen LogP contribution in [0.1, 0.15) is 0 Å². The molecule has 3 heterocycles. The molecule has 0 fully saturated rings. The van der Waals surface area contributed by atoms with Gasteiger partial charge in [0.15, 0.2) is 0 Å². The molecule has 4 rings (SSSR count). The lowest BCUT2D eigenvalue weighted by Gasteiger charge is -2.10. The van der Waals surface area contributed by atoms with Crippen molar-refractivity contribution in [1.82, 2.24) is 19.7 Å². The second-order valence-corrected chi connectivity index (χ2v) is 7.49. The van der Waals surface area contributed by atoms with E-state index in [1.165, 1.54) is 6.20 Å². The summed E-state index contributed by atoms with van der Waals surface area (Å²) in [6, 6.07) is 10.2. The third-order valence-electron chi connectivity index (χ3n) is 4.51. The highest BCUT2D eigenvalue weighted by Crippen LogP contribution is 2.40. The Balaban J connectivity index is 1.93. The van der Waals surface area contributed by atoms with Gasteiger partial charge in [-0.2, -0.15) is 18.3 Å². The fraction of sp³-hybridized carbons (Fsp3) is 0.0952.